The number of hydrogen-bond donors (Lipinski definition) is 3. The van der Waals surface area contributed by atoms with Crippen molar-refractivity contribution in [3.05, 3.63) is 22.2 Å². The maximum absolute atomic E-state index is 11.7. The molecule has 4 N–H and O–H groups in total. The molecule has 1 aliphatic heterocycles. The Morgan fingerprint density at radius 1 is 1.72 bits per heavy atom. The van der Waals surface area contributed by atoms with Crippen molar-refractivity contribution in [3.63, 3.8) is 0 Å². The van der Waals surface area contributed by atoms with E-state index in [1.807, 2.05) is 0 Å². The van der Waals surface area contributed by atoms with Gasteiger partial charge in [0.1, 0.15) is 17.6 Å². The van der Waals surface area contributed by atoms with Crippen molar-refractivity contribution >= 4 is 5.82 Å². The third-order valence-corrected chi connectivity index (χ3v) is 3.33. The highest BCUT2D eigenvalue weighted by molar-refractivity contribution is 5.35. The molecule has 0 amide bonds. The number of ether oxygens (including phenoxy) is 1. The van der Waals surface area contributed by atoms with E-state index in [9.17, 15) is 15.0 Å². The predicted octanol–water partition coefficient (Wildman–Crippen LogP) is -0.835. The normalized spacial score (nSPS) is 31.8. The van der Waals surface area contributed by atoms with E-state index < -0.39 is 23.6 Å². The van der Waals surface area contributed by atoms with Gasteiger partial charge < -0.3 is 20.7 Å². The van der Waals surface area contributed by atoms with E-state index in [2.05, 4.69) is 4.98 Å². The molecule has 0 aliphatic carbocycles. The molecule has 3 atom stereocenters. The molecule has 7 heteroatoms. The molecule has 0 radical (unpaired) electrons. The van der Waals surface area contributed by atoms with E-state index in [1.54, 1.807) is 20.0 Å². The second-order valence-electron chi connectivity index (χ2n) is 4.79. The smallest absolute Gasteiger partial charge is 0.351 e. The number of aliphatic hydroxyl groups is 2. The lowest BCUT2D eigenvalue weighted by Gasteiger charge is -2.25. The summed E-state index contributed by atoms with van der Waals surface area (Å²) in [5.41, 5.74) is 4.61. The zero-order chi connectivity index (χ0) is 13.5. The molecule has 0 bridgehead atoms. The fraction of sp³-hybridized carbons (Fsp3) is 0.636. The van der Waals surface area contributed by atoms with Crippen molar-refractivity contribution in [2.75, 3.05) is 12.3 Å². The summed E-state index contributed by atoms with van der Waals surface area (Å²) in [6.07, 6.45) is 0.293. The predicted molar refractivity (Wildman–Crippen MR) is 63.9 cm³/mol. The topological polar surface area (TPSA) is 111 Å². The molecule has 0 saturated carbocycles. The number of nitrogens with two attached hydrogens (primary N) is 1. The molecule has 0 aromatic carbocycles. The Hall–Kier alpha value is -1.44. The van der Waals surface area contributed by atoms with E-state index in [-0.39, 0.29) is 18.8 Å². The van der Waals surface area contributed by atoms with Crippen LogP contribution in [0.2, 0.25) is 0 Å². The molecule has 1 aromatic heterocycles. The molecule has 1 saturated heterocycles. The monoisotopic (exact) mass is 255 g/mol. The first-order valence-electron chi connectivity index (χ1n) is 5.69. The number of aryl methyl sites for hydroxylation is 1. The Labute approximate surface area is 104 Å². The van der Waals surface area contributed by atoms with Crippen LogP contribution in [0.4, 0.5) is 5.82 Å². The summed E-state index contributed by atoms with van der Waals surface area (Å²) in [6, 6.07) is 0. The molecule has 0 spiro atoms. The molecule has 0 unspecified atom stereocenters. The van der Waals surface area contributed by atoms with Crippen molar-refractivity contribution in [2.24, 2.45) is 0 Å². The van der Waals surface area contributed by atoms with Gasteiger partial charge in [-0.15, -0.1) is 0 Å². The van der Waals surface area contributed by atoms with Gasteiger partial charge in [-0.05, 0) is 13.8 Å². The van der Waals surface area contributed by atoms with E-state index in [0.717, 1.165) is 0 Å². The molecule has 2 heterocycles. The lowest BCUT2D eigenvalue weighted by Crippen LogP contribution is -2.39. The number of nitrogens with zero attached hydrogens (tertiary/aromatic N) is 2. The molecule has 1 aromatic rings. The van der Waals surface area contributed by atoms with Crippen LogP contribution >= 0.6 is 0 Å². The number of hydrogen-bond acceptors (Lipinski definition) is 6. The van der Waals surface area contributed by atoms with Crippen LogP contribution < -0.4 is 11.4 Å². The minimum absolute atomic E-state index is 0.180. The van der Waals surface area contributed by atoms with Gasteiger partial charge in [0.15, 0.2) is 0 Å². The second kappa shape index (κ2) is 4.34. The maximum atomic E-state index is 11.7. The number of rotatable bonds is 2. The van der Waals surface area contributed by atoms with Crippen molar-refractivity contribution in [2.45, 2.75) is 38.2 Å². The van der Waals surface area contributed by atoms with Crippen LogP contribution in [0.5, 0.6) is 0 Å². The molecule has 18 heavy (non-hydrogen) atoms. The van der Waals surface area contributed by atoms with E-state index in [1.165, 1.54) is 4.57 Å². The Morgan fingerprint density at radius 2 is 2.39 bits per heavy atom. The number of nitrogen functional groups attached to an aromatic ring is 1. The Kier molecular flexibility index (Phi) is 3.14. The molecule has 100 valence electrons. The lowest BCUT2D eigenvalue weighted by molar-refractivity contribution is -0.116. The minimum atomic E-state index is -1.06. The number of aliphatic hydroxyl groups excluding tert-OH is 2. The quantitative estimate of drug-likeness (QED) is 0.636. The van der Waals surface area contributed by atoms with Crippen LogP contribution in [0, 0.1) is 6.92 Å². The van der Waals surface area contributed by atoms with Crippen LogP contribution in [0.25, 0.3) is 0 Å². The summed E-state index contributed by atoms with van der Waals surface area (Å²) in [4.78, 5) is 15.4. The van der Waals surface area contributed by atoms with Gasteiger partial charge in [0.2, 0.25) is 0 Å². The highest BCUT2D eigenvalue weighted by atomic mass is 16.6. The van der Waals surface area contributed by atoms with Gasteiger partial charge in [0.05, 0.1) is 12.7 Å². The van der Waals surface area contributed by atoms with Gasteiger partial charge in [-0.25, -0.2) is 4.79 Å². The fourth-order valence-electron chi connectivity index (χ4n) is 1.98. The van der Waals surface area contributed by atoms with Crippen molar-refractivity contribution in [3.8, 4) is 0 Å². The lowest BCUT2D eigenvalue weighted by atomic mass is 10.0. The molecular formula is C11H17N3O4. The van der Waals surface area contributed by atoms with Gasteiger partial charge in [-0.2, -0.15) is 4.98 Å². The van der Waals surface area contributed by atoms with Crippen LogP contribution in [-0.4, -0.2) is 38.1 Å². The summed E-state index contributed by atoms with van der Waals surface area (Å²) in [5.74, 6) is 0.180. The molecule has 7 nitrogen and oxygen atoms in total. The standard InChI is InChI=1S/C11H17N3O4/c1-6-4-14(10(17)13-9(6)12)8-3-7(16)11(2,5-15)18-8/h4,7-8,15-16H,3,5H2,1-2H3,(H2,12,13,17)/t7-,8+,11+/m0/s1. The molecule has 2 rings (SSSR count). The van der Waals surface area contributed by atoms with Crippen LogP contribution in [0.15, 0.2) is 11.0 Å². The first-order chi connectivity index (χ1) is 8.37. The summed E-state index contributed by atoms with van der Waals surface area (Å²) in [5, 5.41) is 19.1. The van der Waals surface area contributed by atoms with Gasteiger partial charge in [-0.3, -0.25) is 4.57 Å². The average Bonchev–Trinajstić information content (AvgIpc) is 2.61. The van der Waals surface area contributed by atoms with Crippen LogP contribution in [-0.2, 0) is 4.74 Å². The number of anilines is 1. The van der Waals surface area contributed by atoms with Gasteiger partial charge in [0, 0.05) is 18.2 Å². The summed E-state index contributed by atoms with van der Waals surface area (Å²) in [6.45, 7) is 3.01. The number of aromatic nitrogens is 2. The fourth-order valence-corrected chi connectivity index (χ4v) is 1.98. The minimum Gasteiger partial charge on any atom is -0.393 e. The maximum Gasteiger partial charge on any atom is 0.351 e. The van der Waals surface area contributed by atoms with Crippen molar-refractivity contribution < 1.29 is 14.9 Å². The zero-order valence-electron chi connectivity index (χ0n) is 10.3. The van der Waals surface area contributed by atoms with Gasteiger partial charge >= 0.3 is 5.69 Å². The Balaban J connectivity index is 2.35. The average molecular weight is 255 g/mol. The van der Waals surface area contributed by atoms with E-state index in [0.29, 0.717) is 5.56 Å². The van der Waals surface area contributed by atoms with Gasteiger partial charge in [-0.1, -0.05) is 0 Å². The third-order valence-electron chi connectivity index (χ3n) is 3.33. The van der Waals surface area contributed by atoms with Crippen LogP contribution in [0.3, 0.4) is 0 Å². The van der Waals surface area contributed by atoms with Crippen molar-refractivity contribution in [1.82, 2.24) is 9.55 Å². The van der Waals surface area contributed by atoms with E-state index >= 15 is 0 Å². The van der Waals surface area contributed by atoms with Crippen LogP contribution in [0.1, 0.15) is 25.1 Å². The third kappa shape index (κ3) is 2.00. The largest absolute Gasteiger partial charge is 0.393 e. The first-order valence-corrected chi connectivity index (χ1v) is 5.69. The molecular weight excluding hydrogens is 238 g/mol. The summed E-state index contributed by atoms with van der Waals surface area (Å²) >= 11 is 0. The Morgan fingerprint density at radius 3 is 2.94 bits per heavy atom. The first kappa shape index (κ1) is 13.0. The summed E-state index contributed by atoms with van der Waals surface area (Å²) < 4.78 is 6.84. The Bertz CT molecular complexity index is 516. The second-order valence-corrected chi connectivity index (χ2v) is 4.79. The van der Waals surface area contributed by atoms with E-state index in [4.69, 9.17) is 10.5 Å². The summed E-state index contributed by atoms with van der Waals surface area (Å²) in [7, 11) is 0. The zero-order valence-corrected chi connectivity index (χ0v) is 10.3. The molecule has 1 fully saturated rings. The highest BCUT2D eigenvalue weighted by Gasteiger charge is 2.45. The molecule has 1 aliphatic rings. The van der Waals surface area contributed by atoms with Gasteiger partial charge in [0.25, 0.3) is 0 Å². The highest BCUT2D eigenvalue weighted by Crippen LogP contribution is 2.35. The SMILES string of the molecule is Cc1cn([C@H]2C[C@H](O)[C@@](C)(CO)O2)c(=O)nc1N. The van der Waals surface area contributed by atoms with Crippen molar-refractivity contribution in [1.29, 1.82) is 0 Å².